The van der Waals surface area contributed by atoms with Gasteiger partial charge in [-0.15, -0.1) is 0 Å². The molecule has 0 amide bonds. The number of aromatic amines is 1. The molecule has 3 nitrogen and oxygen atoms in total. The Balaban J connectivity index is 2.45. The fraction of sp³-hybridized carbons (Fsp3) is 0.286. The van der Waals surface area contributed by atoms with Crippen molar-refractivity contribution in [3.05, 3.63) is 63.3 Å². The van der Waals surface area contributed by atoms with Gasteiger partial charge in [0.05, 0.1) is 0 Å². The number of nitrogens with zero attached hydrogens (tertiary/aromatic N) is 1. The molecule has 1 heterocycles. The molecule has 88 valence electrons. The van der Waals surface area contributed by atoms with E-state index in [0.717, 1.165) is 17.1 Å². The van der Waals surface area contributed by atoms with Gasteiger partial charge in [0.2, 0.25) is 0 Å². The summed E-state index contributed by atoms with van der Waals surface area (Å²) < 4.78 is 0. The Hall–Kier alpha value is -1.90. The molecule has 0 spiro atoms. The maximum absolute atomic E-state index is 11.7. The van der Waals surface area contributed by atoms with Crippen LogP contribution in [0.25, 0.3) is 0 Å². The second-order valence-corrected chi connectivity index (χ2v) is 4.29. The highest BCUT2D eigenvalue weighted by atomic mass is 16.1. The van der Waals surface area contributed by atoms with Crippen molar-refractivity contribution in [2.24, 2.45) is 0 Å². The van der Waals surface area contributed by atoms with E-state index in [-0.39, 0.29) is 11.5 Å². The van der Waals surface area contributed by atoms with Crippen LogP contribution in [0.2, 0.25) is 0 Å². The van der Waals surface area contributed by atoms with E-state index >= 15 is 0 Å². The van der Waals surface area contributed by atoms with E-state index in [9.17, 15) is 4.79 Å². The van der Waals surface area contributed by atoms with E-state index in [0.29, 0.717) is 5.56 Å². The number of aromatic nitrogens is 2. The summed E-state index contributed by atoms with van der Waals surface area (Å²) in [6.45, 7) is 5.70. The van der Waals surface area contributed by atoms with Crippen molar-refractivity contribution in [2.75, 3.05) is 0 Å². The number of nitrogens with one attached hydrogen (secondary N) is 1. The Labute approximate surface area is 101 Å². The number of benzene rings is 1. The highest BCUT2D eigenvalue weighted by Crippen LogP contribution is 2.20. The number of aryl methyl sites for hydroxylation is 1. The maximum Gasteiger partial charge on any atom is 0.254 e. The zero-order valence-corrected chi connectivity index (χ0v) is 10.3. The summed E-state index contributed by atoms with van der Waals surface area (Å²) in [5, 5.41) is 0. The average molecular weight is 228 g/mol. The van der Waals surface area contributed by atoms with Crippen LogP contribution < -0.4 is 5.56 Å². The van der Waals surface area contributed by atoms with E-state index in [1.807, 2.05) is 44.2 Å². The van der Waals surface area contributed by atoms with Crippen LogP contribution in [0.15, 0.2) is 35.1 Å². The molecule has 1 aromatic carbocycles. The molecule has 0 fully saturated rings. The first-order valence-electron chi connectivity index (χ1n) is 5.72. The van der Waals surface area contributed by atoms with Gasteiger partial charge in [-0.2, -0.15) is 0 Å². The summed E-state index contributed by atoms with van der Waals surface area (Å²) in [4.78, 5) is 19.0. The van der Waals surface area contributed by atoms with E-state index in [1.165, 1.54) is 0 Å². The fourth-order valence-corrected chi connectivity index (χ4v) is 1.77. The Morgan fingerprint density at radius 3 is 2.41 bits per heavy atom. The molecule has 2 rings (SSSR count). The second kappa shape index (κ2) is 4.53. The summed E-state index contributed by atoms with van der Waals surface area (Å²) in [6, 6.07) is 10.0. The van der Waals surface area contributed by atoms with Gasteiger partial charge in [-0.1, -0.05) is 37.3 Å². The van der Waals surface area contributed by atoms with Gasteiger partial charge >= 0.3 is 0 Å². The fourth-order valence-electron chi connectivity index (χ4n) is 1.77. The van der Waals surface area contributed by atoms with Gasteiger partial charge in [0.15, 0.2) is 0 Å². The van der Waals surface area contributed by atoms with E-state index in [1.54, 1.807) is 6.92 Å². The van der Waals surface area contributed by atoms with Gasteiger partial charge in [-0.3, -0.25) is 4.79 Å². The predicted molar refractivity (Wildman–Crippen MR) is 68.3 cm³/mol. The zero-order valence-electron chi connectivity index (χ0n) is 10.3. The number of rotatable bonds is 2. The summed E-state index contributed by atoms with van der Waals surface area (Å²) in [5.74, 6) is 0.826. The van der Waals surface area contributed by atoms with Crippen LogP contribution in [0.4, 0.5) is 0 Å². The molecular formula is C14H16N2O. The minimum Gasteiger partial charge on any atom is -0.310 e. The van der Waals surface area contributed by atoms with Crippen LogP contribution >= 0.6 is 0 Å². The monoisotopic (exact) mass is 228 g/mol. The number of H-pyrrole nitrogens is 1. The molecule has 1 unspecified atom stereocenters. The van der Waals surface area contributed by atoms with Crippen molar-refractivity contribution in [2.45, 2.75) is 26.7 Å². The first-order chi connectivity index (χ1) is 8.09. The Morgan fingerprint density at radius 2 is 1.82 bits per heavy atom. The lowest BCUT2D eigenvalue weighted by atomic mass is 10.0. The molecule has 1 N–H and O–H groups in total. The molecule has 1 atom stereocenters. The summed E-state index contributed by atoms with van der Waals surface area (Å²) >= 11 is 0. The SMILES string of the molecule is Cc1nc(C(C)c2ccccc2)[nH]c(=O)c1C. The van der Waals surface area contributed by atoms with Crippen LogP contribution in [-0.2, 0) is 0 Å². The molecule has 1 aromatic heterocycles. The van der Waals surface area contributed by atoms with E-state index in [2.05, 4.69) is 9.97 Å². The van der Waals surface area contributed by atoms with Gasteiger partial charge in [0.1, 0.15) is 5.82 Å². The molecule has 3 heteroatoms. The van der Waals surface area contributed by atoms with Crippen molar-refractivity contribution in [1.82, 2.24) is 9.97 Å². The largest absolute Gasteiger partial charge is 0.310 e. The summed E-state index contributed by atoms with van der Waals surface area (Å²) in [7, 11) is 0. The first-order valence-corrected chi connectivity index (χ1v) is 5.72. The average Bonchev–Trinajstić information content (AvgIpc) is 2.35. The third kappa shape index (κ3) is 2.28. The molecule has 0 aliphatic heterocycles. The highest BCUT2D eigenvalue weighted by molar-refractivity contribution is 5.26. The quantitative estimate of drug-likeness (QED) is 0.858. The van der Waals surface area contributed by atoms with Gasteiger partial charge in [0.25, 0.3) is 5.56 Å². The standard InChI is InChI=1S/C14H16N2O/c1-9-11(3)15-13(16-14(9)17)10(2)12-7-5-4-6-8-12/h4-8,10H,1-3H3,(H,15,16,17). The Kier molecular flexibility index (Phi) is 3.09. The van der Waals surface area contributed by atoms with Crippen molar-refractivity contribution < 1.29 is 0 Å². The molecule has 2 aromatic rings. The number of hydrogen-bond donors (Lipinski definition) is 1. The van der Waals surface area contributed by atoms with Crippen LogP contribution in [-0.4, -0.2) is 9.97 Å². The van der Waals surface area contributed by atoms with E-state index in [4.69, 9.17) is 0 Å². The molecule has 17 heavy (non-hydrogen) atoms. The lowest BCUT2D eigenvalue weighted by Crippen LogP contribution is -2.18. The van der Waals surface area contributed by atoms with Crippen LogP contribution in [0, 0.1) is 13.8 Å². The molecule has 0 aliphatic rings. The lowest BCUT2D eigenvalue weighted by molar-refractivity contribution is 0.789. The predicted octanol–water partition coefficient (Wildman–Crippen LogP) is 2.54. The molecule has 0 aliphatic carbocycles. The highest BCUT2D eigenvalue weighted by Gasteiger charge is 2.12. The maximum atomic E-state index is 11.7. The normalized spacial score (nSPS) is 12.4. The van der Waals surface area contributed by atoms with Crippen molar-refractivity contribution >= 4 is 0 Å². The molecule has 0 saturated heterocycles. The topological polar surface area (TPSA) is 45.8 Å². The molecule has 0 bridgehead atoms. The van der Waals surface area contributed by atoms with Gasteiger partial charge in [0, 0.05) is 17.2 Å². The second-order valence-electron chi connectivity index (χ2n) is 4.29. The minimum atomic E-state index is -0.0460. The third-order valence-corrected chi connectivity index (χ3v) is 3.12. The smallest absolute Gasteiger partial charge is 0.254 e. The third-order valence-electron chi connectivity index (χ3n) is 3.12. The first kappa shape index (κ1) is 11.6. The van der Waals surface area contributed by atoms with Gasteiger partial charge < -0.3 is 4.98 Å². The van der Waals surface area contributed by atoms with Crippen LogP contribution in [0.1, 0.15) is 35.5 Å². The van der Waals surface area contributed by atoms with Crippen molar-refractivity contribution in [3.63, 3.8) is 0 Å². The minimum absolute atomic E-state index is 0.0460. The lowest BCUT2D eigenvalue weighted by Gasteiger charge is -2.12. The van der Waals surface area contributed by atoms with Gasteiger partial charge in [-0.05, 0) is 19.4 Å². The molecule has 0 radical (unpaired) electrons. The van der Waals surface area contributed by atoms with Crippen LogP contribution in [0.5, 0.6) is 0 Å². The van der Waals surface area contributed by atoms with Crippen LogP contribution in [0.3, 0.4) is 0 Å². The molecule has 0 saturated carbocycles. The number of hydrogen-bond acceptors (Lipinski definition) is 2. The van der Waals surface area contributed by atoms with E-state index < -0.39 is 0 Å². The van der Waals surface area contributed by atoms with Crippen molar-refractivity contribution in [1.29, 1.82) is 0 Å². The Bertz CT molecular complexity index is 573. The molecular weight excluding hydrogens is 212 g/mol. The summed E-state index contributed by atoms with van der Waals surface area (Å²) in [6.07, 6.45) is 0. The summed E-state index contributed by atoms with van der Waals surface area (Å²) in [5.41, 5.74) is 2.59. The van der Waals surface area contributed by atoms with Crippen molar-refractivity contribution in [3.8, 4) is 0 Å². The van der Waals surface area contributed by atoms with Gasteiger partial charge in [-0.25, -0.2) is 4.98 Å². The Morgan fingerprint density at radius 1 is 1.18 bits per heavy atom. The zero-order chi connectivity index (χ0) is 12.4.